The van der Waals surface area contributed by atoms with E-state index >= 15 is 0 Å². The van der Waals surface area contributed by atoms with Crippen LogP contribution in [0.5, 0.6) is 0 Å². The van der Waals surface area contributed by atoms with E-state index in [4.69, 9.17) is 0 Å². The molecule has 1 aliphatic heterocycles. The van der Waals surface area contributed by atoms with Crippen molar-refractivity contribution in [2.75, 3.05) is 6.54 Å². The van der Waals surface area contributed by atoms with E-state index in [-0.39, 0.29) is 18.2 Å². The molecule has 0 saturated carbocycles. The fourth-order valence-electron chi connectivity index (χ4n) is 5.40. The molecule has 5 rings (SSSR count). The second kappa shape index (κ2) is 9.81. The molecule has 1 aromatic heterocycles. The van der Waals surface area contributed by atoms with Crippen molar-refractivity contribution in [3.8, 4) is 0 Å². The van der Waals surface area contributed by atoms with Crippen LogP contribution in [0.2, 0.25) is 0 Å². The highest BCUT2D eigenvalue weighted by Crippen LogP contribution is 2.35. The van der Waals surface area contributed by atoms with Gasteiger partial charge in [-0.1, -0.05) is 35.5 Å². The van der Waals surface area contributed by atoms with Gasteiger partial charge in [-0.05, 0) is 91.3 Å². The van der Waals surface area contributed by atoms with Crippen molar-refractivity contribution < 1.29 is 14.7 Å². The summed E-state index contributed by atoms with van der Waals surface area (Å²) in [6.45, 7) is 9.97. The maximum absolute atomic E-state index is 13.3. The first-order valence-electron chi connectivity index (χ1n) is 12.8. The minimum Gasteiger partial charge on any atom is -0.481 e. The molecule has 3 aromatic carbocycles. The van der Waals surface area contributed by atoms with Crippen LogP contribution in [0, 0.1) is 20.8 Å². The van der Waals surface area contributed by atoms with Crippen molar-refractivity contribution >= 4 is 22.9 Å². The number of aliphatic carboxylic acids is 1. The van der Waals surface area contributed by atoms with Gasteiger partial charge in [0.15, 0.2) is 0 Å². The molecule has 0 bridgehead atoms. The van der Waals surface area contributed by atoms with E-state index in [2.05, 4.69) is 22.4 Å². The van der Waals surface area contributed by atoms with Gasteiger partial charge in [-0.2, -0.15) is 0 Å². The fourth-order valence-corrected chi connectivity index (χ4v) is 5.40. The Morgan fingerprint density at radius 2 is 1.81 bits per heavy atom. The lowest BCUT2D eigenvalue weighted by molar-refractivity contribution is -0.137. The molecule has 0 radical (unpaired) electrons. The maximum atomic E-state index is 13.3. The van der Waals surface area contributed by atoms with Crippen LogP contribution in [-0.4, -0.2) is 43.4 Å². The second-order valence-corrected chi connectivity index (χ2v) is 10.0. The third-order valence-corrected chi connectivity index (χ3v) is 7.72. The first-order valence-corrected chi connectivity index (χ1v) is 12.8. The Bertz CT molecular complexity index is 1520. The van der Waals surface area contributed by atoms with Gasteiger partial charge < -0.3 is 10.0 Å². The molecular formula is C30H32N4O3. The number of carbonyl (C=O) groups is 2. The van der Waals surface area contributed by atoms with Crippen molar-refractivity contribution in [1.82, 2.24) is 19.9 Å². The summed E-state index contributed by atoms with van der Waals surface area (Å²) in [6, 6.07) is 16.1. The van der Waals surface area contributed by atoms with Gasteiger partial charge in [-0.25, -0.2) is 4.68 Å². The largest absolute Gasteiger partial charge is 0.481 e. The van der Waals surface area contributed by atoms with Crippen molar-refractivity contribution in [2.24, 2.45) is 0 Å². The third-order valence-electron chi connectivity index (χ3n) is 7.72. The highest BCUT2D eigenvalue weighted by atomic mass is 16.4. The Kier molecular flexibility index (Phi) is 6.54. The van der Waals surface area contributed by atoms with E-state index in [0.29, 0.717) is 18.7 Å². The zero-order valence-corrected chi connectivity index (χ0v) is 21.8. The number of nitrogens with zero attached hydrogens (tertiary/aromatic N) is 4. The monoisotopic (exact) mass is 496 g/mol. The Labute approximate surface area is 216 Å². The van der Waals surface area contributed by atoms with Crippen LogP contribution >= 0.6 is 0 Å². The summed E-state index contributed by atoms with van der Waals surface area (Å²) in [5, 5.41) is 18.4. The van der Waals surface area contributed by atoms with Crippen LogP contribution in [0.3, 0.4) is 0 Å². The van der Waals surface area contributed by atoms with Crippen LogP contribution in [-0.2, 0) is 24.3 Å². The Balaban J connectivity index is 1.49. The topological polar surface area (TPSA) is 88.3 Å². The van der Waals surface area contributed by atoms with Gasteiger partial charge in [-0.15, -0.1) is 5.10 Å². The number of carbonyl (C=O) groups excluding carboxylic acids is 1. The first-order chi connectivity index (χ1) is 17.8. The van der Waals surface area contributed by atoms with Gasteiger partial charge in [-0.3, -0.25) is 9.59 Å². The summed E-state index contributed by atoms with van der Waals surface area (Å²) in [7, 11) is 0. The average Bonchev–Trinajstić information content (AvgIpc) is 3.32. The third kappa shape index (κ3) is 4.61. The predicted octanol–water partition coefficient (Wildman–Crippen LogP) is 5.18. The van der Waals surface area contributed by atoms with Gasteiger partial charge in [0, 0.05) is 31.1 Å². The number of carboxylic acid groups (broad SMARTS) is 1. The van der Waals surface area contributed by atoms with E-state index in [9.17, 15) is 14.7 Å². The zero-order chi connectivity index (χ0) is 26.3. The lowest BCUT2D eigenvalue weighted by Gasteiger charge is -2.30. The summed E-state index contributed by atoms with van der Waals surface area (Å²) in [6.07, 6.45) is 0.749. The van der Waals surface area contributed by atoms with E-state index in [1.165, 1.54) is 11.1 Å². The Morgan fingerprint density at radius 3 is 2.54 bits per heavy atom. The molecule has 0 unspecified atom stereocenters. The van der Waals surface area contributed by atoms with Gasteiger partial charge in [0.2, 0.25) is 0 Å². The number of aromatic nitrogens is 3. The minimum atomic E-state index is -0.856. The van der Waals surface area contributed by atoms with E-state index in [1.54, 1.807) is 0 Å². The lowest BCUT2D eigenvalue weighted by Crippen LogP contribution is -2.36. The summed E-state index contributed by atoms with van der Waals surface area (Å²) >= 11 is 0. The summed E-state index contributed by atoms with van der Waals surface area (Å²) in [5.74, 6) is -1.16. The summed E-state index contributed by atoms with van der Waals surface area (Å²) in [4.78, 5) is 27.1. The number of rotatable bonds is 6. The zero-order valence-electron chi connectivity index (χ0n) is 21.8. The molecule has 190 valence electrons. The molecule has 0 spiro atoms. The van der Waals surface area contributed by atoms with Crippen molar-refractivity contribution in [2.45, 2.75) is 59.5 Å². The lowest BCUT2D eigenvalue weighted by atomic mass is 9.83. The number of aryl methyl sites for hydroxylation is 4. The van der Waals surface area contributed by atoms with Gasteiger partial charge >= 0.3 is 5.97 Å². The quantitative estimate of drug-likeness (QED) is 0.397. The SMILES string of the molecule is CCn1nnc2c(C)c([C@@H](CC(=O)O)c3ccc4c(c3)CN(C(=O)c3ccc(C)c(C)c3)CC4)ccc21. The number of hydrogen-bond acceptors (Lipinski definition) is 4. The van der Waals surface area contributed by atoms with Gasteiger partial charge in [0.05, 0.1) is 11.9 Å². The molecule has 1 atom stereocenters. The summed E-state index contributed by atoms with van der Waals surface area (Å²) in [5.41, 5.74) is 9.84. The van der Waals surface area contributed by atoms with Gasteiger partial charge in [0.25, 0.3) is 5.91 Å². The number of fused-ring (bicyclic) bond motifs is 2. The van der Waals surface area contributed by atoms with Crippen LogP contribution in [0.4, 0.5) is 0 Å². The number of carboxylic acids is 1. The van der Waals surface area contributed by atoms with Crippen LogP contribution in [0.1, 0.15) is 68.6 Å². The molecule has 4 aromatic rings. The molecule has 7 heteroatoms. The van der Waals surface area contributed by atoms with Crippen LogP contribution < -0.4 is 0 Å². The van der Waals surface area contributed by atoms with Gasteiger partial charge in [0.1, 0.15) is 5.52 Å². The molecular weight excluding hydrogens is 464 g/mol. The smallest absolute Gasteiger partial charge is 0.304 e. The average molecular weight is 497 g/mol. The molecule has 0 aliphatic carbocycles. The molecule has 1 N–H and O–H groups in total. The molecule has 37 heavy (non-hydrogen) atoms. The van der Waals surface area contributed by atoms with Crippen molar-refractivity contribution in [3.63, 3.8) is 0 Å². The highest BCUT2D eigenvalue weighted by Gasteiger charge is 2.26. The van der Waals surface area contributed by atoms with E-state index in [1.807, 2.05) is 73.7 Å². The Hall–Kier alpha value is -4.00. The molecule has 2 heterocycles. The molecule has 0 fully saturated rings. The van der Waals surface area contributed by atoms with E-state index in [0.717, 1.165) is 51.8 Å². The van der Waals surface area contributed by atoms with Crippen LogP contribution in [0.15, 0.2) is 48.5 Å². The van der Waals surface area contributed by atoms with Crippen molar-refractivity contribution in [3.05, 3.63) is 93.0 Å². The predicted molar refractivity (Wildman–Crippen MR) is 143 cm³/mol. The maximum Gasteiger partial charge on any atom is 0.304 e. The molecule has 7 nitrogen and oxygen atoms in total. The fraction of sp³-hybridized carbons (Fsp3) is 0.333. The van der Waals surface area contributed by atoms with Crippen molar-refractivity contribution in [1.29, 1.82) is 0 Å². The number of hydrogen-bond donors (Lipinski definition) is 1. The molecule has 0 saturated heterocycles. The molecule has 1 amide bonds. The second-order valence-electron chi connectivity index (χ2n) is 10.0. The first kappa shape index (κ1) is 24.7. The minimum absolute atomic E-state index is 0.0292. The highest BCUT2D eigenvalue weighted by molar-refractivity contribution is 5.94. The normalized spacial score (nSPS) is 14.0. The number of benzene rings is 3. The van der Waals surface area contributed by atoms with E-state index < -0.39 is 5.97 Å². The number of amides is 1. The van der Waals surface area contributed by atoms with Crippen LogP contribution in [0.25, 0.3) is 11.0 Å². The summed E-state index contributed by atoms with van der Waals surface area (Å²) < 4.78 is 1.85. The molecule has 1 aliphatic rings. The Morgan fingerprint density at radius 1 is 1.00 bits per heavy atom. The standard InChI is InChI=1S/C30H32N4O3/c1-5-34-27-11-10-25(20(4)29(27)31-32-34)26(16-28(35)36)22-9-8-21-12-13-33(17-24(21)15-22)30(37)23-7-6-18(2)19(3)14-23/h6-11,14-15,26H,5,12-13,16-17H2,1-4H3,(H,35,36)/t26-/m0/s1.